The number of halogens is 1. The van der Waals surface area contributed by atoms with Crippen molar-refractivity contribution in [1.29, 1.82) is 0 Å². The van der Waals surface area contributed by atoms with E-state index in [4.69, 9.17) is 32.0 Å². The summed E-state index contributed by atoms with van der Waals surface area (Å²) in [6.07, 6.45) is 6.85. The van der Waals surface area contributed by atoms with Crippen molar-refractivity contribution in [3.8, 4) is 5.69 Å². The third-order valence-corrected chi connectivity index (χ3v) is 7.21. The fraction of sp³-hybridized carbons (Fsp3) is 0.478. The van der Waals surface area contributed by atoms with Gasteiger partial charge in [-0.2, -0.15) is 5.10 Å². The lowest BCUT2D eigenvalue weighted by molar-refractivity contribution is 0.0975. The first kappa shape index (κ1) is 22.1. The highest BCUT2D eigenvalue weighted by atomic mass is 35.5. The SMILES string of the molecule is CN=Cc1ccc(-n2ncc3nc(N4CCC5(CC4)CO[C@@H](C)C5)c(CO)nc32)c(Cl)c1N. The van der Waals surface area contributed by atoms with Crippen LogP contribution in [0.4, 0.5) is 11.5 Å². The zero-order valence-corrected chi connectivity index (χ0v) is 19.6. The standard InChI is InChI=1S/C23H28ClN7O2/c1-14-9-23(13-33-14)5-7-30(8-6-23)21-17(12-32)29-22-16(28-21)11-27-31(22)18-4-3-15(10-26-2)20(25)19(18)24/h3-4,10-11,14,32H,5-9,12-13,25H2,1-2H3/t14-/m0/s1. The number of aliphatic imine (C=N–C) groups is 1. The number of nitrogens with zero attached hydrogens (tertiary/aromatic N) is 6. The molecule has 3 aromatic rings. The topological polar surface area (TPSA) is 115 Å². The summed E-state index contributed by atoms with van der Waals surface area (Å²) in [5.74, 6) is 0.714. The Kier molecular flexibility index (Phi) is 5.72. The van der Waals surface area contributed by atoms with Gasteiger partial charge >= 0.3 is 0 Å². The zero-order chi connectivity index (χ0) is 23.2. The number of ether oxygens (including phenoxy) is 1. The molecule has 2 aliphatic rings. The number of piperidine rings is 1. The highest BCUT2D eigenvalue weighted by Gasteiger charge is 2.41. The van der Waals surface area contributed by atoms with Gasteiger partial charge in [-0.1, -0.05) is 11.6 Å². The summed E-state index contributed by atoms with van der Waals surface area (Å²) in [6, 6.07) is 3.66. The number of fused-ring (bicyclic) bond motifs is 1. The lowest BCUT2D eigenvalue weighted by Gasteiger charge is -2.39. The van der Waals surface area contributed by atoms with Crippen LogP contribution in [0, 0.1) is 5.41 Å². The number of aliphatic hydroxyl groups excluding tert-OH is 1. The summed E-state index contributed by atoms with van der Waals surface area (Å²) in [5, 5.41) is 14.9. The molecule has 3 N–H and O–H groups in total. The third kappa shape index (κ3) is 3.84. The molecule has 0 saturated carbocycles. The van der Waals surface area contributed by atoms with Crippen molar-refractivity contribution < 1.29 is 9.84 Å². The second-order valence-electron chi connectivity index (χ2n) is 9.02. The van der Waals surface area contributed by atoms with Crippen molar-refractivity contribution in [2.45, 2.75) is 38.9 Å². The first-order chi connectivity index (χ1) is 15.9. The fourth-order valence-electron chi connectivity index (χ4n) is 5.01. The van der Waals surface area contributed by atoms with Crippen LogP contribution in [0.2, 0.25) is 5.02 Å². The van der Waals surface area contributed by atoms with Crippen LogP contribution in [0.15, 0.2) is 23.3 Å². The van der Waals surface area contributed by atoms with Crippen LogP contribution < -0.4 is 10.6 Å². The molecule has 1 spiro atoms. The van der Waals surface area contributed by atoms with E-state index in [1.54, 1.807) is 24.1 Å². The molecule has 2 saturated heterocycles. The lowest BCUT2D eigenvalue weighted by atomic mass is 9.77. The number of aromatic nitrogens is 4. The molecule has 1 aromatic carbocycles. The van der Waals surface area contributed by atoms with Gasteiger partial charge in [-0.3, -0.25) is 4.99 Å². The number of rotatable bonds is 4. The van der Waals surface area contributed by atoms with Crippen LogP contribution in [-0.4, -0.2) is 63.9 Å². The Morgan fingerprint density at radius 3 is 2.79 bits per heavy atom. The van der Waals surface area contributed by atoms with Gasteiger partial charge in [-0.05, 0) is 43.7 Å². The van der Waals surface area contributed by atoms with Gasteiger partial charge in [-0.25, -0.2) is 14.6 Å². The van der Waals surface area contributed by atoms with Crippen molar-refractivity contribution in [2.75, 3.05) is 37.4 Å². The van der Waals surface area contributed by atoms with E-state index in [-0.39, 0.29) is 12.0 Å². The molecule has 0 amide bonds. The van der Waals surface area contributed by atoms with Gasteiger partial charge in [-0.15, -0.1) is 0 Å². The molecule has 1 atom stereocenters. The van der Waals surface area contributed by atoms with Gasteiger partial charge in [0, 0.05) is 31.9 Å². The van der Waals surface area contributed by atoms with E-state index in [2.05, 4.69) is 21.9 Å². The Morgan fingerprint density at radius 2 is 2.12 bits per heavy atom. The Morgan fingerprint density at radius 1 is 1.33 bits per heavy atom. The van der Waals surface area contributed by atoms with Crippen molar-refractivity contribution in [3.63, 3.8) is 0 Å². The van der Waals surface area contributed by atoms with E-state index in [1.165, 1.54) is 0 Å². The molecule has 0 bridgehead atoms. The number of hydrogen-bond acceptors (Lipinski definition) is 8. The maximum Gasteiger partial charge on any atom is 0.182 e. The molecule has 2 fully saturated rings. The quantitative estimate of drug-likeness (QED) is 0.445. The summed E-state index contributed by atoms with van der Waals surface area (Å²) < 4.78 is 7.46. The summed E-state index contributed by atoms with van der Waals surface area (Å²) in [5.41, 5.74) is 9.89. The minimum absolute atomic E-state index is 0.215. The predicted octanol–water partition coefficient (Wildman–Crippen LogP) is 2.99. The van der Waals surface area contributed by atoms with Crippen molar-refractivity contribution in [3.05, 3.63) is 34.6 Å². The van der Waals surface area contributed by atoms with Gasteiger partial charge in [0.1, 0.15) is 11.2 Å². The average molecular weight is 470 g/mol. The van der Waals surface area contributed by atoms with Crippen LogP contribution in [0.3, 0.4) is 0 Å². The fourth-order valence-corrected chi connectivity index (χ4v) is 5.26. The molecule has 0 radical (unpaired) electrons. The second-order valence-corrected chi connectivity index (χ2v) is 9.40. The molecule has 10 heteroatoms. The Hall–Kier alpha value is -2.75. The number of nitrogens with two attached hydrogens (primary N) is 1. The average Bonchev–Trinajstić information content (AvgIpc) is 3.40. The van der Waals surface area contributed by atoms with E-state index in [1.807, 2.05) is 12.1 Å². The van der Waals surface area contributed by atoms with Crippen molar-refractivity contribution in [1.82, 2.24) is 19.7 Å². The van der Waals surface area contributed by atoms with Crippen LogP contribution in [0.5, 0.6) is 0 Å². The van der Waals surface area contributed by atoms with E-state index >= 15 is 0 Å². The van der Waals surface area contributed by atoms with Crippen LogP contribution >= 0.6 is 11.6 Å². The number of hydrogen-bond donors (Lipinski definition) is 2. The normalized spacial score (nSPS) is 20.5. The second kappa shape index (κ2) is 8.55. The van der Waals surface area contributed by atoms with Crippen LogP contribution in [-0.2, 0) is 11.3 Å². The van der Waals surface area contributed by atoms with Gasteiger partial charge in [0.25, 0.3) is 0 Å². The number of nitrogen functional groups attached to an aromatic ring is 1. The Bertz CT molecular complexity index is 1220. The molecule has 5 rings (SSSR count). The summed E-state index contributed by atoms with van der Waals surface area (Å²) >= 11 is 6.56. The largest absolute Gasteiger partial charge is 0.397 e. The molecule has 33 heavy (non-hydrogen) atoms. The highest BCUT2D eigenvalue weighted by Crippen LogP contribution is 2.42. The van der Waals surface area contributed by atoms with Crippen LogP contribution in [0.25, 0.3) is 16.9 Å². The van der Waals surface area contributed by atoms with Gasteiger partial charge in [0.15, 0.2) is 11.5 Å². The van der Waals surface area contributed by atoms with Gasteiger partial charge in [0.05, 0.1) is 41.9 Å². The molecule has 9 nitrogen and oxygen atoms in total. The highest BCUT2D eigenvalue weighted by molar-refractivity contribution is 6.35. The minimum Gasteiger partial charge on any atom is -0.397 e. The molecule has 2 aliphatic heterocycles. The maximum atomic E-state index is 10.1. The smallest absolute Gasteiger partial charge is 0.182 e. The number of anilines is 2. The predicted molar refractivity (Wildman–Crippen MR) is 129 cm³/mol. The van der Waals surface area contributed by atoms with E-state index < -0.39 is 0 Å². The van der Waals surface area contributed by atoms with Crippen molar-refractivity contribution >= 4 is 40.5 Å². The van der Waals surface area contributed by atoms with Gasteiger partial charge < -0.3 is 20.5 Å². The Labute approximate surface area is 197 Å². The van der Waals surface area contributed by atoms with Gasteiger partial charge in [0.2, 0.25) is 0 Å². The first-order valence-corrected chi connectivity index (χ1v) is 11.5. The molecular weight excluding hydrogens is 442 g/mol. The third-order valence-electron chi connectivity index (χ3n) is 6.81. The molecule has 0 unspecified atom stereocenters. The molecular formula is C23H28ClN7O2. The molecule has 0 aliphatic carbocycles. The first-order valence-electron chi connectivity index (χ1n) is 11.2. The van der Waals surface area contributed by atoms with E-state index in [9.17, 15) is 5.11 Å². The van der Waals surface area contributed by atoms with Crippen molar-refractivity contribution in [2.24, 2.45) is 10.4 Å². The molecule has 2 aromatic heterocycles. The lowest BCUT2D eigenvalue weighted by Crippen LogP contribution is -2.41. The minimum atomic E-state index is -0.215. The van der Waals surface area contributed by atoms with Crippen LogP contribution in [0.1, 0.15) is 37.4 Å². The molecule has 4 heterocycles. The molecule has 174 valence electrons. The summed E-state index contributed by atoms with van der Waals surface area (Å²) in [4.78, 5) is 15.8. The Balaban J connectivity index is 1.48. The van der Waals surface area contributed by atoms with E-state index in [0.29, 0.717) is 45.2 Å². The van der Waals surface area contributed by atoms with E-state index in [0.717, 1.165) is 44.5 Å². The monoisotopic (exact) mass is 469 g/mol. The summed E-state index contributed by atoms with van der Waals surface area (Å²) in [7, 11) is 1.68. The zero-order valence-electron chi connectivity index (χ0n) is 18.8. The number of aliphatic hydroxyl groups is 1. The maximum absolute atomic E-state index is 10.1. The summed E-state index contributed by atoms with van der Waals surface area (Å²) in [6.45, 7) is 4.49. The number of benzene rings is 1.